The number of fused-ring (bicyclic) bond motifs is 5. The Kier molecular flexibility index (Phi) is 5.83. The molecule has 217 valence electrons. The second kappa shape index (κ2) is 13.0. The molecule has 0 amide bonds. The average molecular weight is 750 g/mol. The fourth-order valence-electron chi connectivity index (χ4n) is 4.84. The van der Waals surface area contributed by atoms with Crippen LogP contribution in [0, 0.1) is 38.6 Å². The minimum Gasteiger partial charge on any atom is -0.500 e. The molecule has 0 unspecified atom stereocenters. The Morgan fingerprint density at radius 2 is 1.67 bits per heavy atom. The molecule has 43 heavy (non-hydrogen) atoms. The number of hydrogen-bond acceptors (Lipinski definition) is 3. The Balaban J connectivity index is 0.000000208. The molecule has 0 fully saturated rings. The second-order valence-corrected chi connectivity index (χ2v) is 10.2. The number of hydrogen-bond donors (Lipinski definition) is 0. The van der Waals surface area contributed by atoms with Crippen LogP contribution in [0.1, 0.15) is 51.2 Å². The monoisotopic (exact) mass is 750 g/mol. The zero-order valence-corrected chi connectivity index (χ0v) is 25.8. The summed E-state index contributed by atoms with van der Waals surface area (Å²) >= 11 is 0. The van der Waals surface area contributed by atoms with Crippen molar-refractivity contribution in [2.75, 3.05) is 0 Å². The van der Waals surface area contributed by atoms with Gasteiger partial charge in [-0.1, -0.05) is 91.3 Å². The van der Waals surface area contributed by atoms with Crippen LogP contribution >= 0.6 is 0 Å². The largest absolute Gasteiger partial charge is 0.500 e. The minimum absolute atomic E-state index is 0. The summed E-state index contributed by atoms with van der Waals surface area (Å²) in [7, 11) is 0. The van der Waals surface area contributed by atoms with Crippen molar-refractivity contribution in [3.8, 4) is 22.5 Å². The smallest absolute Gasteiger partial charge is 0.128 e. The number of rotatable bonds is 4. The van der Waals surface area contributed by atoms with Crippen molar-refractivity contribution in [2.45, 2.75) is 40.8 Å². The standard InChI is InChI=1S/C25H20NO.C14H14N.Ir/c1-16(2)14-17-12-13-26-23(15-17)22-9-5-8-20-21-11-10-18-6-3-4-7-19(18)24(21)27-25(20)22;1-10-4-6-13(7-5-10)14-8-11(2)12(3)9-15-14;/h3-8,10-13,15-16H,14H2,1-2H3;4-6,8-9H,1-3H3;/q2*-1;/i14D2;1D3,2D3,3D3;. The molecule has 0 N–H and O–H groups in total. The number of pyridine rings is 2. The van der Waals surface area contributed by atoms with Gasteiger partial charge in [-0.3, -0.25) is 0 Å². The quantitative estimate of drug-likeness (QED) is 0.168. The van der Waals surface area contributed by atoms with E-state index in [-0.39, 0.29) is 48.4 Å². The van der Waals surface area contributed by atoms with Crippen LogP contribution in [0.5, 0.6) is 0 Å². The Morgan fingerprint density at radius 3 is 2.47 bits per heavy atom. The van der Waals surface area contributed by atoms with Gasteiger partial charge >= 0.3 is 0 Å². The average Bonchev–Trinajstić information content (AvgIpc) is 3.50. The van der Waals surface area contributed by atoms with E-state index in [0.29, 0.717) is 16.8 Å². The Morgan fingerprint density at radius 1 is 0.814 bits per heavy atom. The van der Waals surface area contributed by atoms with E-state index >= 15 is 0 Å². The van der Waals surface area contributed by atoms with Crippen LogP contribution in [-0.2, 0) is 26.5 Å². The third-order valence-electron chi connectivity index (χ3n) is 6.79. The first kappa shape index (κ1) is 19.2. The molecule has 3 heterocycles. The van der Waals surface area contributed by atoms with Crippen LogP contribution < -0.4 is 0 Å². The van der Waals surface area contributed by atoms with Gasteiger partial charge in [0.05, 0.1) is 5.58 Å². The summed E-state index contributed by atoms with van der Waals surface area (Å²) in [4.78, 5) is 8.51. The fourth-order valence-corrected chi connectivity index (χ4v) is 4.84. The van der Waals surface area contributed by atoms with E-state index in [1.165, 1.54) is 24.3 Å². The molecule has 1 radical (unpaired) electrons. The number of furan rings is 1. The van der Waals surface area contributed by atoms with Crippen LogP contribution in [0.15, 0.2) is 102 Å². The van der Waals surface area contributed by atoms with Gasteiger partial charge in [0.2, 0.25) is 0 Å². The van der Waals surface area contributed by atoms with Crippen molar-refractivity contribution in [3.05, 3.63) is 132 Å². The van der Waals surface area contributed by atoms with Crippen LogP contribution in [0.3, 0.4) is 0 Å². The third kappa shape index (κ3) is 6.46. The van der Waals surface area contributed by atoms with Gasteiger partial charge < -0.3 is 14.4 Å². The number of aromatic nitrogens is 2. The molecule has 7 rings (SSSR count). The van der Waals surface area contributed by atoms with Gasteiger partial charge in [-0.15, -0.1) is 53.6 Å². The second-order valence-electron chi connectivity index (χ2n) is 10.2. The molecule has 0 spiro atoms. The van der Waals surface area contributed by atoms with Crippen molar-refractivity contribution in [1.82, 2.24) is 9.97 Å². The van der Waals surface area contributed by atoms with Crippen LogP contribution in [0.2, 0.25) is 0 Å². The predicted molar refractivity (Wildman–Crippen MR) is 175 cm³/mol. The maximum absolute atomic E-state index is 8.43. The molecule has 0 aliphatic rings. The number of nitrogens with zero attached hydrogens (tertiary/aromatic N) is 2. The molecule has 7 aromatic rings. The number of aryl methyl sites for hydroxylation is 3. The van der Waals surface area contributed by atoms with Crippen molar-refractivity contribution >= 4 is 32.7 Å². The molecular weight excluding hydrogens is 705 g/mol. The summed E-state index contributed by atoms with van der Waals surface area (Å²) in [5.41, 5.74) is 3.68. The maximum atomic E-state index is 8.43. The van der Waals surface area contributed by atoms with Gasteiger partial charge in [-0.25, -0.2) is 0 Å². The Labute approximate surface area is 282 Å². The molecule has 3 nitrogen and oxygen atoms in total. The molecule has 4 heteroatoms. The minimum atomic E-state index is -2.61. The first-order valence-electron chi connectivity index (χ1n) is 19.0. The van der Waals surface area contributed by atoms with Gasteiger partial charge in [0, 0.05) is 58.3 Å². The first-order valence-corrected chi connectivity index (χ1v) is 13.5. The molecule has 3 aromatic heterocycles. The summed E-state index contributed by atoms with van der Waals surface area (Å²) in [5.74, 6) is -0.143. The van der Waals surface area contributed by atoms with E-state index in [1.807, 2.05) is 44.2 Å². The van der Waals surface area contributed by atoms with Gasteiger partial charge in [0.25, 0.3) is 0 Å². The summed E-state index contributed by atoms with van der Waals surface area (Å²) in [5, 5.41) is 4.28. The molecular formula is C39H34IrN2O-2. The van der Waals surface area contributed by atoms with E-state index in [2.05, 4.69) is 46.4 Å². The zero-order chi connectivity index (χ0) is 38.5. The summed E-state index contributed by atoms with van der Waals surface area (Å²) in [6.45, 7) is -3.70. The Bertz CT molecular complexity index is 2430. The van der Waals surface area contributed by atoms with Crippen LogP contribution in [0.25, 0.3) is 55.2 Å². The Hall–Kier alpha value is -4.11. The van der Waals surface area contributed by atoms with E-state index in [0.717, 1.165) is 44.5 Å². The molecule has 4 aromatic carbocycles. The molecule has 0 saturated heterocycles. The predicted octanol–water partition coefficient (Wildman–Crippen LogP) is 10.3. The first-order chi connectivity index (χ1) is 24.8. The van der Waals surface area contributed by atoms with Crippen molar-refractivity contribution < 1.29 is 39.6 Å². The van der Waals surface area contributed by atoms with E-state index in [1.54, 1.807) is 12.3 Å². The summed E-state index contributed by atoms with van der Waals surface area (Å²) in [6, 6.07) is 31.2. The zero-order valence-electron chi connectivity index (χ0n) is 34.5. The van der Waals surface area contributed by atoms with Crippen molar-refractivity contribution in [2.24, 2.45) is 5.92 Å². The topological polar surface area (TPSA) is 38.9 Å². The summed E-state index contributed by atoms with van der Waals surface area (Å²) < 4.78 is 90.1. The van der Waals surface area contributed by atoms with Gasteiger partial charge in [-0.2, -0.15) is 0 Å². The van der Waals surface area contributed by atoms with Gasteiger partial charge in [-0.05, 0) is 54.4 Å². The van der Waals surface area contributed by atoms with E-state index in [4.69, 9.17) is 19.5 Å². The maximum Gasteiger partial charge on any atom is 0.128 e. The SMILES string of the molecule is [2H]C([2H])([2H])c1c[c-]c(-c2cc(C([2H])([2H])[2H])c(C([2H])([2H])[2H])cn2)cc1.[2H]C([2H])(c1ccnc(-c2[c-]ccc3c2oc2c4ccccc4ccc32)c1)C(C)C.[Ir]. The van der Waals surface area contributed by atoms with Gasteiger partial charge in [0.1, 0.15) is 5.58 Å². The van der Waals surface area contributed by atoms with Crippen LogP contribution in [-0.4, -0.2) is 9.97 Å². The fraction of sp³-hybridized carbons (Fsp3) is 0.179. The third-order valence-corrected chi connectivity index (χ3v) is 6.79. The van der Waals surface area contributed by atoms with E-state index in [9.17, 15) is 0 Å². The molecule has 0 atom stereocenters. The normalized spacial score (nSPS) is 16.0. The van der Waals surface area contributed by atoms with Crippen molar-refractivity contribution in [1.29, 1.82) is 0 Å². The molecule has 0 bridgehead atoms. The van der Waals surface area contributed by atoms with Crippen molar-refractivity contribution in [3.63, 3.8) is 0 Å². The number of benzene rings is 4. The summed E-state index contributed by atoms with van der Waals surface area (Å²) in [6.07, 6.45) is 1.25. The molecule has 0 saturated carbocycles. The molecule has 0 aliphatic carbocycles. The van der Waals surface area contributed by atoms with E-state index < -0.39 is 26.9 Å². The molecule has 0 aliphatic heterocycles. The van der Waals surface area contributed by atoms with Crippen LogP contribution in [0.4, 0.5) is 0 Å². The van der Waals surface area contributed by atoms with Gasteiger partial charge in [0.15, 0.2) is 0 Å².